The van der Waals surface area contributed by atoms with Gasteiger partial charge < -0.3 is 9.84 Å². The van der Waals surface area contributed by atoms with E-state index >= 15 is 0 Å². The number of aromatic nitrogens is 4. The second kappa shape index (κ2) is 5.24. The minimum atomic E-state index is -0.165. The number of nitrogens with zero attached hydrogens (tertiary/aromatic N) is 3. The molecule has 0 fully saturated rings. The SMILES string of the molecule is Cc1oncc1C(=O)NCCCc1ncn[nH]1. The minimum Gasteiger partial charge on any atom is -0.361 e. The highest BCUT2D eigenvalue weighted by molar-refractivity contribution is 5.94. The summed E-state index contributed by atoms with van der Waals surface area (Å²) in [5.74, 6) is 1.18. The number of carbonyl (C=O) groups excluding carboxylic acids is 1. The van der Waals surface area contributed by atoms with E-state index in [9.17, 15) is 4.79 Å². The van der Waals surface area contributed by atoms with E-state index in [4.69, 9.17) is 4.52 Å². The molecular formula is C10H13N5O2. The molecule has 90 valence electrons. The van der Waals surface area contributed by atoms with Crippen molar-refractivity contribution in [3.8, 4) is 0 Å². The van der Waals surface area contributed by atoms with Crippen LogP contribution in [-0.4, -0.2) is 32.8 Å². The first-order valence-corrected chi connectivity index (χ1v) is 5.31. The molecule has 2 aromatic heterocycles. The van der Waals surface area contributed by atoms with Crippen LogP contribution in [0.1, 0.15) is 28.4 Å². The Hall–Kier alpha value is -2.18. The molecule has 7 heteroatoms. The lowest BCUT2D eigenvalue weighted by Gasteiger charge is -2.02. The average Bonchev–Trinajstić information content (AvgIpc) is 2.95. The highest BCUT2D eigenvalue weighted by atomic mass is 16.5. The Morgan fingerprint density at radius 3 is 3.12 bits per heavy atom. The molecule has 1 amide bonds. The molecule has 0 saturated carbocycles. The Morgan fingerprint density at radius 1 is 1.59 bits per heavy atom. The number of aromatic amines is 1. The van der Waals surface area contributed by atoms with E-state index in [1.54, 1.807) is 6.92 Å². The maximum atomic E-state index is 11.6. The van der Waals surface area contributed by atoms with Crippen LogP contribution in [0.5, 0.6) is 0 Å². The van der Waals surface area contributed by atoms with E-state index < -0.39 is 0 Å². The van der Waals surface area contributed by atoms with Crippen molar-refractivity contribution < 1.29 is 9.32 Å². The highest BCUT2D eigenvalue weighted by Crippen LogP contribution is 2.05. The molecule has 2 N–H and O–H groups in total. The lowest BCUT2D eigenvalue weighted by molar-refractivity contribution is 0.0951. The largest absolute Gasteiger partial charge is 0.361 e. The molecule has 0 radical (unpaired) electrons. The summed E-state index contributed by atoms with van der Waals surface area (Å²) >= 11 is 0. The molecule has 17 heavy (non-hydrogen) atoms. The second-order valence-electron chi connectivity index (χ2n) is 3.59. The van der Waals surface area contributed by atoms with Crippen molar-refractivity contribution in [3.05, 3.63) is 29.7 Å². The monoisotopic (exact) mass is 235 g/mol. The first kappa shape index (κ1) is 11.3. The van der Waals surface area contributed by atoms with Gasteiger partial charge in [0.05, 0.1) is 6.20 Å². The Balaban J connectivity index is 1.72. The van der Waals surface area contributed by atoms with Gasteiger partial charge in [-0.05, 0) is 13.3 Å². The normalized spacial score (nSPS) is 10.4. The number of rotatable bonds is 5. The van der Waals surface area contributed by atoms with Crippen LogP contribution in [0.25, 0.3) is 0 Å². The summed E-state index contributed by atoms with van der Waals surface area (Å²) in [6.07, 6.45) is 4.43. The van der Waals surface area contributed by atoms with Gasteiger partial charge in [-0.15, -0.1) is 0 Å². The highest BCUT2D eigenvalue weighted by Gasteiger charge is 2.11. The molecular weight excluding hydrogens is 222 g/mol. The molecule has 2 rings (SSSR count). The first-order valence-electron chi connectivity index (χ1n) is 5.31. The van der Waals surface area contributed by atoms with Gasteiger partial charge in [-0.3, -0.25) is 9.89 Å². The zero-order valence-electron chi connectivity index (χ0n) is 9.43. The fourth-order valence-electron chi connectivity index (χ4n) is 1.42. The van der Waals surface area contributed by atoms with Crippen molar-refractivity contribution in [1.29, 1.82) is 0 Å². The molecule has 0 aliphatic carbocycles. The Kier molecular flexibility index (Phi) is 3.49. The molecule has 0 bridgehead atoms. The maximum Gasteiger partial charge on any atom is 0.256 e. The van der Waals surface area contributed by atoms with Crippen LogP contribution in [0, 0.1) is 6.92 Å². The fourth-order valence-corrected chi connectivity index (χ4v) is 1.42. The Bertz CT molecular complexity index is 477. The molecule has 2 heterocycles. The molecule has 0 aliphatic rings. The molecule has 0 saturated heterocycles. The van der Waals surface area contributed by atoms with E-state index in [-0.39, 0.29) is 5.91 Å². The summed E-state index contributed by atoms with van der Waals surface area (Å²) in [7, 11) is 0. The number of hydrogen-bond acceptors (Lipinski definition) is 5. The molecule has 2 aromatic rings. The lowest BCUT2D eigenvalue weighted by atomic mass is 10.2. The number of amides is 1. The third kappa shape index (κ3) is 2.90. The van der Waals surface area contributed by atoms with Crippen molar-refractivity contribution in [2.45, 2.75) is 19.8 Å². The Morgan fingerprint density at radius 2 is 2.47 bits per heavy atom. The lowest BCUT2D eigenvalue weighted by Crippen LogP contribution is -2.25. The summed E-state index contributed by atoms with van der Waals surface area (Å²) in [4.78, 5) is 15.6. The molecule has 7 nitrogen and oxygen atoms in total. The zero-order chi connectivity index (χ0) is 12.1. The van der Waals surface area contributed by atoms with Crippen LogP contribution in [0.15, 0.2) is 17.0 Å². The van der Waals surface area contributed by atoms with Crippen LogP contribution in [0.4, 0.5) is 0 Å². The van der Waals surface area contributed by atoms with Gasteiger partial charge in [-0.2, -0.15) is 5.10 Å². The average molecular weight is 235 g/mol. The summed E-state index contributed by atoms with van der Waals surface area (Å²) < 4.78 is 4.82. The minimum absolute atomic E-state index is 0.165. The van der Waals surface area contributed by atoms with Gasteiger partial charge in [-0.25, -0.2) is 4.98 Å². The van der Waals surface area contributed by atoms with E-state index in [2.05, 4.69) is 25.7 Å². The van der Waals surface area contributed by atoms with Crippen LogP contribution in [0.3, 0.4) is 0 Å². The summed E-state index contributed by atoms with van der Waals surface area (Å²) in [5, 5.41) is 12.8. The van der Waals surface area contributed by atoms with Gasteiger partial charge in [0.15, 0.2) is 0 Å². The standard InChI is InChI=1S/C10H13N5O2/c1-7-8(5-14-17-7)10(16)11-4-2-3-9-12-6-13-15-9/h5-6H,2-4H2,1H3,(H,11,16)(H,12,13,15). The molecule has 0 aliphatic heterocycles. The van der Waals surface area contributed by atoms with Crippen molar-refractivity contribution >= 4 is 5.91 Å². The van der Waals surface area contributed by atoms with E-state index in [0.29, 0.717) is 17.9 Å². The van der Waals surface area contributed by atoms with Crippen molar-refractivity contribution in [2.24, 2.45) is 0 Å². The smallest absolute Gasteiger partial charge is 0.256 e. The fraction of sp³-hybridized carbons (Fsp3) is 0.400. The van der Waals surface area contributed by atoms with Crippen LogP contribution in [-0.2, 0) is 6.42 Å². The molecule has 0 aromatic carbocycles. The van der Waals surface area contributed by atoms with Gasteiger partial charge in [0.1, 0.15) is 23.5 Å². The van der Waals surface area contributed by atoms with Crippen molar-refractivity contribution in [1.82, 2.24) is 25.7 Å². The van der Waals surface area contributed by atoms with Gasteiger partial charge in [0.25, 0.3) is 5.91 Å². The molecule has 0 atom stereocenters. The van der Waals surface area contributed by atoms with E-state index in [0.717, 1.165) is 18.7 Å². The predicted molar refractivity (Wildman–Crippen MR) is 58.3 cm³/mol. The number of aryl methyl sites for hydroxylation is 2. The number of nitrogens with one attached hydrogen (secondary N) is 2. The topological polar surface area (TPSA) is 96.7 Å². The maximum absolute atomic E-state index is 11.6. The van der Waals surface area contributed by atoms with E-state index in [1.807, 2.05) is 0 Å². The van der Waals surface area contributed by atoms with Crippen LogP contribution < -0.4 is 5.32 Å². The van der Waals surface area contributed by atoms with Gasteiger partial charge in [-0.1, -0.05) is 5.16 Å². The Labute approximate surface area is 97.6 Å². The van der Waals surface area contributed by atoms with Crippen molar-refractivity contribution in [3.63, 3.8) is 0 Å². The summed E-state index contributed by atoms with van der Waals surface area (Å²) in [6.45, 7) is 2.28. The van der Waals surface area contributed by atoms with Crippen LogP contribution >= 0.6 is 0 Å². The second-order valence-corrected chi connectivity index (χ2v) is 3.59. The van der Waals surface area contributed by atoms with Gasteiger partial charge in [0.2, 0.25) is 0 Å². The third-order valence-electron chi connectivity index (χ3n) is 2.34. The van der Waals surface area contributed by atoms with E-state index in [1.165, 1.54) is 12.5 Å². The van der Waals surface area contributed by atoms with Crippen molar-refractivity contribution in [2.75, 3.05) is 6.54 Å². The van der Waals surface area contributed by atoms with Crippen LogP contribution in [0.2, 0.25) is 0 Å². The van der Waals surface area contributed by atoms with Gasteiger partial charge >= 0.3 is 0 Å². The molecule has 0 unspecified atom stereocenters. The molecule has 0 spiro atoms. The summed E-state index contributed by atoms with van der Waals surface area (Å²) in [6, 6.07) is 0. The first-order chi connectivity index (χ1) is 8.27. The predicted octanol–water partition coefficient (Wildman–Crippen LogP) is 0.464. The number of carbonyl (C=O) groups is 1. The third-order valence-corrected chi connectivity index (χ3v) is 2.34. The van der Waals surface area contributed by atoms with Gasteiger partial charge in [0, 0.05) is 13.0 Å². The number of H-pyrrole nitrogens is 1. The quantitative estimate of drug-likeness (QED) is 0.734. The zero-order valence-corrected chi connectivity index (χ0v) is 9.43. The number of hydrogen-bond donors (Lipinski definition) is 2. The summed E-state index contributed by atoms with van der Waals surface area (Å²) in [5.41, 5.74) is 0.477.